The molecule has 2 aromatic carbocycles. The Morgan fingerprint density at radius 2 is 1.79 bits per heavy atom. The minimum absolute atomic E-state index is 0.216. The van der Waals surface area contributed by atoms with E-state index in [0.717, 1.165) is 68.0 Å². The molecule has 2 aliphatic heterocycles. The lowest BCUT2D eigenvalue weighted by Crippen LogP contribution is -2.47. The molecule has 0 saturated carbocycles. The van der Waals surface area contributed by atoms with Crippen LogP contribution in [0.2, 0.25) is 0 Å². The van der Waals surface area contributed by atoms with Crippen molar-refractivity contribution in [2.45, 2.75) is 19.8 Å². The number of anilines is 1. The molecule has 1 saturated heterocycles. The lowest BCUT2D eigenvalue weighted by Gasteiger charge is -2.35. The van der Waals surface area contributed by atoms with Crippen LogP contribution in [0.3, 0.4) is 0 Å². The third-order valence-corrected chi connectivity index (χ3v) is 6.50. The van der Waals surface area contributed by atoms with Crippen molar-refractivity contribution in [1.82, 2.24) is 19.8 Å². The number of unbranched alkanes of at least 4 members (excludes halogenated alkanes) is 1. The zero-order chi connectivity index (χ0) is 23.5. The molecular weight excluding hydrogens is 433 g/mol. The van der Waals surface area contributed by atoms with Crippen molar-refractivity contribution in [3.63, 3.8) is 0 Å². The Labute approximate surface area is 198 Å². The summed E-state index contributed by atoms with van der Waals surface area (Å²) in [4.78, 5) is 28.4. The van der Waals surface area contributed by atoms with E-state index in [1.807, 2.05) is 25.1 Å². The summed E-state index contributed by atoms with van der Waals surface area (Å²) in [5.74, 6) is 0.740. The van der Waals surface area contributed by atoms with Crippen LogP contribution in [0.4, 0.5) is 10.2 Å². The molecule has 0 N–H and O–H groups in total. The number of nitrogens with zero attached hydrogens (tertiary/aromatic N) is 5. The van der Waals surface area contributed by atoms with Gasteiger partial charge in [0.2, 0.25) is 0 Å². The number of hydrogen-bond acceptors (Lipinski definition) is 6. The van der Waals surface area contributed by atoms with Gasteiger partial charge in [0.05, 0.1) is 16.8 Å². The third-order valence-electron chi connectivity index (χ3n) is 6.50. The Hall–Kier alpha value is -3.52. The van der Waals surface area contributed by atoms with Crippen LogP contribution in [0.5, 0.6) is 5.75 Å². The fraction of sp³-hybridized carbons (Fsp3) is 0.346. The molecule has 0 radical (unpaired) electrons. The molecule has 8 heteroatoms. The van der Waals surface area contributed by atoms with Gasteiger partial charge in [-0.3, -0.25) is 9.69 Å². The van der Waals surface area contributed by atoms with Crippen molar-refractivity contribution in [3.8, 4) is 5.75 Å². The van der Waals surface area contributed by atoms with Gasteiger partial charge in [-0.2, -0.15) is 0 Å². The predicted molar refractivity (Wildman–Crippen MR) is 129 cm³/mol. The molecule has 5 rings (SSSR count). The van der Waals surface area contributed by atoms with Gasteiger partial charge in [0.1, 0.15) is 30.0 Å². The molecule has 3 aromatic rings. The smallest absolute Gasteiger partial charge is 0.262 e. The summed E-state index contributed by atoms with van der Waals surface area (Å²) in [5.41, 5.74) is 1.96. The van der Waals surface area contributed by atoms with Crippen LogP contribution in [0, 0.1) is 5.82 Å². The molecule has 1 fully saturated rings. The van der Waals surface area contributed by atoms with Crippen molar-refractivity contribution in [2.24, 2.45) is 0 Å². The maximum Gasteiger partial charge on any atom is 0.262 e. The molecular formula is C26H28FN5O2. The summed E-state index contributed by atoms with van der Waals surface area (Å²) in [7, 11) is 0. The first-order valence-corrected chi connectivity index (χ1v) is 11.7. The molecule has 1 aromatic heterocycles. The molecule has 176 valence electrons. The predicted octanol–water partition coefficient (Wildman–Crippen LogP) is 4.07. The molecule has 7 nitrogen and oxygen atoms in total. The number of hydrogen-bond donors (Lipinski definition) is 0. The number of halogens is 1. The zero-order valence-electron chi connectivity index (χ0n) is 19.3. The van der Waals surface area contributed by atoms with E-state index in [4.69, 9.17) is 4.74 Å². The van der Waals surface area contributed by atoms with Crippen LogP contribution in [-0.2, 0) is 0 Å². The minimum atomic E-state index is -0.440. The topological polar surface area (TPSA) is 61.8 Å². The fourth-order valence-corrected chi connectivity index (χ4v) is 4.60. The van der Waals surface area contributed by atoms with Gasteiger partial charge in [-0.15, -0.1) is 0 Å². The molecule has 1 amide bonds. The van der Waals surface area contributed by atoms with Crippen LogP contribution in [-0.4, -0.2) is 64.9 Å². The number of fused-ring (bicyclic) bond motifs is 2. The Balaban J connectivity index is 1.12. The Kier molecular flexibility index (Phi) is 6.40. The van der Waals surface area contributed by atoms with Gasteiger partial charge in [-0.25, -0.2) is 14.4 Å². The first kappa shape index (κ1) is 22.3. The molecule has 3 heterocycles. The number of rotatable bonds is 6. The highest BCUT2D eigenvalue weighted by Gasteiger charge is 2.25. The first-order chi connectivity index (χ1) is 16.6. The van der Waals surface area contributed by atoms with Crippen molar-refractivity contribution < 1.29 is 13.9 Å². The molecule has 0 bridgehead atoms. The van der Waals surface area contributed by atoms with E-state index in [0.29, 0.717) is 12.3 Å². The number of carbonyl (C=O) groups excluding carboxylic acids is 1. The Bertz CT molecular complexity index is 1220. The number of carbonyl (C=O) groups is 1. The number of piperazine rings is 1. The van der Waals surface area contributed by atoms with Crippen molar-refractivity contribution in [3.05, 3.63) is 72.1 Å². The standard InChI is InChI=1S/C26H28FN5O2/c1-19-17-34-24-9-8-20(27)16-22(24)26(33)32(19)11-5-4-10-30-12-14-31(15-13-30)25-21-6-2-3-7-23(21)28-18-29-25/h2-3,6-9,16-18H,4-5,10-15H2,1H3. The van der Waals surface area contributed by atoms with Crippen molar-refractivity contribution in [1.29, 1.82) is 0 Å². The van der Waals surface area contributed by atoms with Crippen LogP contribution < -0.4 is 9.64 Å². The average Bonchev–Trinajstić information content (AvgIpc) is 2.98. The molecule has 0 atom stereocenters. The van der Waals surface area contributed by atoms with Crippen LogP contribution >= 0.6 is 0 Å². The number of ether oxygens (including phenoxy) is 1. The lowest BCUT2D eigenvalue weighted by atomic mass is 10.1. The maximum absolute atomic E-state index is 13.7. The summed E-state index contributed by atoms with van der Waals surface area (Å²) in [6, 6.07) is 12.2. The molecule has 0 aliphatic carbocycles. The second-order valence-corrected chi connectivity index (χ2v) is 8.72. The molecule has 0 spiro atoms. The average molecular weight is 462 g/mol. The van der Waals surface area contributed by atoms with Gasteiger partial charge in [-0.1, -0.05) is 12.1 Å². The monoisotopic (exact) mass is 461 g/mol. The highest BCUT2D eigenvalue weighted by atomic mass is 19.1. The van der Waals surface area contributed by atoms with Crippen LogP contribution in [0.25, 0.3) is 10.9 Å². The van der Waals surface area contributed by atoms with Crippen LogP contribution in [0.1, 0.15) is 30.1 Å². The summed E-state index contributed by atoms with van der Waals surface area (Å²) < 4.78 is 19.3. The number of amides is 1. The minimum Gasteiger partial charge on any atom is -0.462 e. The van der Waals surface area contributed by atoms with E-state index >= 15 is 0 Å². The van der Waals surface area contributed by atoms with Gasteiger partial charge in [0, 0.05) is 38.1 Å². The summed E-state index contributed by atoms with van der Waals surface area (Å²) >= 11 is 0. The van der Waals surface area contributed by atoms with E-state index in [1.54, 1.807) is 17.5 Å². The largest absolute Gasteiger partial charge is 0.462 e. The SMILES string of the molecule is CC1=COc2ccc(F)cc2C(=O)N1CCCCN1CCN(c2ncnc3ccccc23)CC1. The van der Waals surface area contributed by atoms with E-state index in [9.17, 15) is 9.18 Å². The number of allylic oxidation sites excluding steroid dienone is 1. The van der Waals surface area contributed by atoms with Crippen molar-refractivity contribution in [2.75, 3.05) is 44.2 Å². The number of benzene rings is 2. The second-order valence-electron chi connectivity index (χ2n) is 8.72. The fourth-order valence-electron chi connectivity index (χ4n) is 4.60. The Morgan fingerprint density at radius 3 is 2.65 bits per heavy atom. The van der Waals surface area contributed by atoms with E-state index in [2.05, 4.69) is 25.8 Å². The lowest BCUT2D eigenvalue weighted by molar-refractivity contribution is 0.0804. The van der Waals surface area contributed by atoms with Crippen molar-refractivity contribution >= 4 is 22.6 Å². The van der Waals surface area contributed by atoms with E-state index in [-0.39, 0.29) is 11.5 Å². The molecule has 2 aliphatic rings. The summed E-state index contributed by atoms with van der Waals surface area (Å²) in [6.07, 6.45) is 5.04. The summed E-state index contributed by atoms with van der Waals surface area (Å²) in [6.45, 7) is 7.19. The quantitative estimate of drug-likeness (QED) is 0.516. The van der Waals surface area contributed by atoms with Gasteiger partial charge >= 0.3 is 0 Å². The van der Waals surface area contributed by atoms with Gasteiger partial charge in [0.15, 0.2) is 0 Å². The van der Waals surface area contributed by atoms with Gasteiger partial charge in [-0.05, 0) is 56.6 Å². The normalized spacial score (nSPS) is 16.8. The third kappa shape index (κ3) is 4.59. The van der Waals surface area contributed by atoms with Gasteiger partial charge < -0.3 is 14.5 Å². The van der Waals surface area contributed by atoms with E-state index < -0.39 is 5.82 Å². The second kappa shape index (κ2) is 9.77. The number of aromatic nitrogens is 2. The molecule has 0 unspecified atom stereocenters. The highest BCUT2D eigenvalue weighted by Crippen LogP contribution is 2.27. The molecule has 34 heavy (non-hydrogen) atoms. The highest BCUT2D eigenvalue weighted by molar-refractivity contribution is 5.98. The first-order valence-electron chi connectivity index (χ1n) is 11.7. The van der Waals surface area contributed by atoms with Crippen LogP contribution in [0.15, 0.2) is 60.8 Å². The Morgan fingerprint density at radius 1 is 1.00 bits per heavy atom. The van der Waals surface area contributed by atoms with Gasteiger partial charge in [0.25, 0.3) is 5.91 Å². The maximum atomic E-state index is 13.7. The summed E-state index contributed by atoms with van der Waals surface area (Å²) in [5, 5.41) is 1.09. The van der Waals surface area contributed by atoms with E-state index in [1.165, 1.54) is 18.2 Å². The zero-order valence-corrected chi connectivity index (χ0v) is 19.3. The number of para-hydroxylation sites is 1.